The molecule has 102 valence electrons. The average molecular weight is 266 g/mol. The Morgan fingerprint density at radius 1 is 1.15 bits per heavy atom. The second kappa shape index (κ2) is 5.47. The summed E-state index contributed by atoms with van der Waals surface area (Å²) in [4.78, 5) is 4.26. The van der Waals surface area contributed by atoms with Gasteiger partial charge in [0.2, 0.25) is 5.89 Å². The van der Waals surface area contributed by atoms with Crippen LogP contribution in [0.3, 0.4) is 0 Å². The van der Waals surface area contributed by atoms with E-state index in [9.17, 15) is 0 Å². The summed E-state index contributed by atoms with van der Waals surface area (Å²) >= 11 is 0. The lowest BCUT2D eigenvalue weighted by atomic mass is 10.0. The fraction of sp³-hybridized carbons (Fsp3) is 0.235. The summed E-state index contributed by atoms with van der Waals surface area (Å²) in [5.41, 5.74) is 1.29. The maximum atomic E-state index is 5.55. The van der Waals surface area contributed by atoms with Gasteiger partial charge >= 0.3 is 0 Å². The van der Waals surface area contributed by atoms with Gasteiger partial charge in [0, 0.05) is 6.54 Å². The van der Waals surface area contributed by atoms with E-state index in [0.717, 1.165) is 18.2 Å². The second-order valence-electron chi connectivity index (χ2n) is 5.05. The minimum absolute atomic E-state index is 0.0997. The SMILES string of the molecule is Cc1cnc(C(C)NCc2cccc3ccccc23)o1. The van der Waals surface area contributed by atoms with Crippen molar-refractivity contribution in [3.8, 4) is 0 Å². The molecule has 3 nitrogen and oxygen atoms in total. The van der Waals surface area contributed by atoms with Crippen LogP contribution in [0.2, 0.25) is 0 Å². The van der Waals surface area contributed by atoms with Gasteiger partial charge < -0.3 is 9.73 Å². The van der Waals surface area contributed by atoms with Gasteiger partial charge in [-0.2, -0.15) is 0 Å². The van der Waals surface area contributed by atoms with E-state index in [1.807, 2.05) is 6.92 Å². The number of hydrogen-bond donors (Lipinski definition) is 1. The Morgan fingerprint density at radius 3 is 2.75 bits per heavy atom. The highest BCUT2D eigenvalue weighted by molar-refractivity contribution is 5.85. The number of hydrogen-bond acceptors (Lipinski definition) is 3. The molecule has 20 heavy (non-hydrogen) atoms. The van der Waals surface area contributed by atoms with Crippen LogP contribution in [0, 0.1) is 6.92 Å². The standard InChI is InChI=1S/C17H18N2O/c1-12-10-19-17(20-12)13(2)18-11-15-8-5-7-14-6-3-4-9-16(14)15/h3-10,13,18H,11H2,1-2H3. The van der Waals surface area contributed by atoms with Crippen LogP contribution in [0.5, 0.6) is 0 Å². The highest BCUT2D eigenvalue weighted by Gasteiger charge is 2.11. The minimum atomic E-state index is 0.0997. The van der Waals surface area contributed by atoms with Crippen molar-refractivity contribution in [3.63, 3.8) is 0 Å². The number of aromatic nitrogens is 1. The molecule has 0 aliphatic heterocycles. The van der Waals surface area contributed by atoms with Crippen molar-refractivity contribution < 1.29 is 4.42 Å². The van der Waals surface area contributed by atoms with Crippen molar-refractivity contribution >= 4 is 10.8 Å². The van der Waals surface area contributed by atoms with Crippen LogP contribution in [-0.2, 0) is 6.54 Å². The first-order valence-electron chi connectivity index (χ1n) is 6.86. The molecule has 1 heterocycles. The van der Waals surface area contributed by atoms with Gasteiger partial charge in [-0.3, -0.25) is 0 Å². The van der Waals surface area contributed by atoms with Gasteiger partial charge in [0.05, 0.1) is 12.2 Å². The van der Waals surface area contributed by atoms with Crippen LogP contribution in [0.25, 0.3) is 10.8 Å². The molecule has 0 amide bonds. The molecular weight excluding hydrogens is 248 g/mol. The molecule has 0 aliphatic rings. The molecule has 0 radical (unpaired) electrons. The number of rotatable bonds is 4. The zero-order valence-corrected chi connectivity index (χ0v) is 11.8. The summed E-state index contributed by atoms with van der Waals surface area (Å²) in [7, 11) is 0. The quantitative estimate of drug-likeness (QED) is 0.776. The van der Waals surface area contributed by atoms with E-state index in [1.54, 1.807) is 6.20 Å². The van der Waals surface area contributed by atoms with Gasteiger partial charge in [-0.15, -0.1) is 0 Å². The van der Waals surface area contributed by atoms with Gasteiger partial charge in [0.1, 0.15) is 5.76 Å². The molecule has 0 bridgehead atoms. The van der Waals surface area contributed by atoms with Crippen molar-refractivity contribution in [3.05, 3.63) is 65.9 Å². The normalized spacial score (nSPS) is 12.7. The number of nitrogens with one attached hydrogen (secondary N) is 1. The number of fused-ring (bicyclic) bond motifs is 1. The Hall–Kier alpha value is -2.13. The van der Waals surface area contributed by atoms with Crippen LogP contribution < -0.4 is 5.32 Å². The Bertz CT molecular complexity index is 712. The van der Waals surface area contributed by atoms with E-state index in [0.29, 0.717) is 0 Å². The number of oxazole rings is 1. The number of nitrogens with zero attached hydrogens (tertiary/aromatic N) is 1. The van der Waals surface area contributed by atoms with Crippen molar-refractivity contribution in [1.29, 1.82) is 0 Å². The molecule has 1 aromatic heterocycles. The number of benzene rings is 2. The second-order valence-corrected chi connectivity index (χ2v) is 5.05. The average Bonchev–Trinajstić information content (AvgIpc) is 2.91. The molecule has 1 unspecified atom stereocenters. The van der Waals surface area contributed by atoms with Gasteiger partial charge in [-0.1, -0.05) is 42.5 Å². The topological polar surface area (TPSA) is 38.1 Å². The fourth-order valence-electron chi connectivity index (χ4n) is 2.37. The maximum absolute atomic E-state index is 5.55. The van der Waals surface area contributed by atoms with Crippen molar-refractivity contribution in [2.45, 2.75) is 26.4 Å². The van der Waals surface area contributed by atoms with Crippen molar-refractivity contribution in [1.82, 2.24) is 10.3 Å². The Kier molecular flexibility index (Phi) is 3.52. The van der Waals surface area contributed by atoms with Crippen LogP contribution in [0.4, 0.5) is 0 Å². The molecule has 1 N–H and O–H groups in total. The van der Waals surface area contributed by atoms with E-state index in [2.05, 4.69) is 59.7 Å². The fourth-order valence-corrected chi connectivity index (χ4v) is 2.37. The first kappa shape index (κ1) is 12.9. The molecule has 0 saturated heterocycles. The summed E-state index contributed by atoms with van der Waals surface area (Å²) < 4.78 is 5.55. The number of aryl methyl sites for hydroxylation is 1. The van der Waals surface area contributed by atoms with E-state index < -0.39 is 0 Å². The Morgan fingerprint density at radius 2 is 1.95 bits per heavy atom. The largest absolute Gasteiger partial charge is 0.444 e. The monoisotopic (exact) mass is 266 g/mol. The van der Waals surface area contributed by atoms with Crippen LogP contribution in [0.1, 0.15) is 30.2 Å². The highest BCUT2D eigenvalue weighted by Crippen LogP contribution is 2.19. The third-order valence-corrected chi connectivity index (χ3v) is 3.49. The van der Waals surface area contributed by atoms with Gasteiger partial charge in [0.25, 0.3) is 0 Å². The van der Waals surface area contributed by atoms with E-state index >= 15 is 0 Å². The van der Waals surface area contributed by atoms with Gasteiger partial charge in [-0.25, -0.2) is 4.98 Å². The van der Waals surface area contributed by atoms with E-state index in [-0.39, 0.29) is 6.04 Å². The smallest absolute Gasteiger partial charge is 0.211 e. The third kappa shape index (κ3) is 2.58. The van der Waals surface area contributed by atoms with Crippen LogP contribution in [0.15, 0.2) is 53.1 Å². The summed E-state index contributed by atoms with van der Waals surface area (Å²) in [6, 6.07) is 14.9. The lowest BCUT2D eigenvalue weighted by molar-refractivity contribution is 0.402. The highest BCUT2D eigenvalue weighted by atomic mass is 16.4. The summed E-state index contributed by atoms with van der Waals surface area (Å²) in [6.07, 6.45) is 1.76. The van der Waals surface area contributed by atoms with Crippen LogP contribution >= 0.6 is 0 Å². The summed E-state index contributed by atoms with van der Waals surface area (Å²) in [5, 5.41) is 6.02. The predicted molar refractivity (Wildman–Crippen MR) is 80.4 cm³/mol. The minimum Gasteiger partial charge on any atom is -0.444 e. The Labute approximate surface area is 118 Å². The van der Waals surface area contributed by atoms with Gasteiger partial charge in [-0.05, 0) is 30.2 Å². The van der Waals surface area contributed by atoms with E-state index in [1.165, 1.54) is 16.3 Å². The summed E-state index contributed by atoms with van der Waals surface area (Å²) in [5.74, 6) is 1.58. The lowest BCUT2D eigenvalue weighted by Crippen LogP contribution is -2.18. The first-order chi connectivity index (χ1) is 9.74. The third-order valence-electron chi connectivity index (χ3n) is 3.49. The molecule has 0 fully saturated rings. The predicted octanol–water partition coefficient (Wildman–Crippen LogP) is 3.99. The molecule has 3 heteroatoms. The van der Waals surface area contributed by atoms with Crippen molar-refractivity contribution in [2.75, 3.05) is 0 Å². The molecule has 3 rings (SSSR count). The van der Waals surface area contributed by atoms with Crippen molar-refractivity contribution in [2.24, 2.45) is 0 Å². The van der Waals surface area contributed by atoms with Crippen LogP contribution in [-0.4, -0.2) is 4.98 Å². The molecule has 3 aromatic rings. The lowest BCUT2D eigenvalue weighted by Gasteiger charge is -2.12. The molecule has 0 spiro atoms. The Balaban J connectivity index is 1.77. The molecule has 0 aliphatic carbocycles. The summed E-state index contributed by atoms with van der Waals surface area (Å²) in [6.45, 7) is 4.77. The zero-order chi connectivity index (χ0) is 13.9. The molecule has 2 aromatic carbocycles. The zero-order valence-electron chi connectivity index (χ0n) is 11.8. The molecule has 0 saturated carbocycles. The van der Waals surface area contributed by atoms with E-state index in [4.69, 9.17) is 4.42 Å². The maximum Gasteiger partial charge on any atom is 0.211 e. The first-order valence-corrected chi connectivity index (χ1v) is 6.86. The molecule has 1 atom stereocenters. The van der Waals surface area contributed by atoms with Gasteiger partial charge in [0.15, 0.2) is 0 Å². The molecular formula is C17H18N2O.